The Bertz CT molecular complexity index is 251. The lowest BCUT2D eigenvalue weighted by atomic mass is 10.3. The van der Waals surface area contributed by atoms with Crippen LogP contribution in [0.25, 0.3) is 0 Å². The average molecular weight is 169 g/mol. The van der Waals surface area contributed by atoms with Crippen molar-refractivity contribution in [2.24, 2.45) is 0 Å². The van der Waals surface area contributed by atoms with Gasteiger partial charge in [-0.05, 0) is 6.92 Å². The molecule has 0 aliphatic carbocycles. The van der Waals surface area contributed by atoms with Crippen LogP contribution in [0.3, 0.4) is 0 Å². The molecule has 0 aliphatic heterocycles. The summed E-state index contributed by atoms with van der Waals surface area (Å²) in [5.41, 5.74) is 0. The van der Waals surface area contributed by atoms with Gasteiger partial charge >= 0.3 is 11.9 Å². The fraction of sp³-hybridized carbons (Fsp3) is 0.429. The van der Waals surface area contributed by atoms with Crippen molar-refractivity contribution in [1.29, 1.82) is 5.26 Å². The number of ether oxygens (including phenoxy) is 1. The largest absolute Gasteiger partial charge is 0.392 e. The van der Waals surface area contributed by atoms with Crippen molar-refractivity contribution in [1.82, 2.24) is 0 Å². The Morgan fingerprint density at radius 1 is 1.33 bits per heavy atom. The van der Waals surface area contributed by atoms with Crippen LogP contribution in [0.2, 0.25) is 0 Å². The number of esters is 2. The van der Waals surface area contributed by atoms with E-state index in [0.29, 0.717) is 0 Å². The Kier molecular flexibility index (Phi) is 4.31. The van der Waals surface area contributed by atoms with Gasteiger partial charge in [-0.3, -0.25) is 14.4 Å². The van der Waals surface area contributed by atoms with Crippen LogP contribution in [0.5, 0.6) is 0 Å². The molecule has 0 amide bonds. The van der Waals surface area contributed by atoms with Crippen molar-refractivity contribution >= 4 is 17.7 Å². The fourth-order valence-electron chi connectivity index (χ4n) is 0.467. The van der Waals surface area contributed by atoms with Gasteiger partial charge in [-0.15, -0.1) is 0 Å². The minimum absolute atomic E-state index is 0.384. The predicted molar refractivity (Wildman–Crippen MR) is 36.6 cm³/mol. The van der Waals surface area contributed by atoms with Gasteiger partial charge in [-0.1, -0.05) is 0 Å². The molecule has 0 rings (SSSR count). The lowest BCUT2D eigenvalue weighted by molar-refractivity contribution is -0.159. The van der Waals surface area contributed by atoms with Crippen molar-refractivity contribution in [2.45, 2.75) is 19.8 Å². The van der Waals surface area contributed by atoms with E-state index in [4.69, 9.17) is 5.26 Å². The van der Waals surface area contributed by atoms with Crippen LogP contribution in [-0.4, -0.2) is 17.7 Å². The number of carbonyl (C=O) groups excluding carboxylic acids is 3. The maximum atomic E-state index is 10.6. The van der Waals surface area contributed by atoms with Gasteiger partial charge in [-0.25, -0.2) is 0 Å². The minimum atomic E-state index is -0.927. The Balaban J connectivity index is 3.79. The first-order chi connectivity index (χ1) is 5.56. The number of hydrogen-bond donors (Lipinski definition) is 0. The lowest BCUT2D eigenvalue weighted by Crippen LogP contribution is -2.13. The molecule has 0 saturated heterocycles. The quantitative estimate of drug-likeness (QED) is 0.436. The van der Waals surface area contributed by atoms with Crippen molar-refractivity contribution < 1.29 is 19.1 Å². The zero-order valence-corrected chi connectivity index (χ0v) is 6.49. The van der Waals surface area contributed by atoms with Gasteiger partial charge in [0.1, 0.15) is 18.6 Å². The molecule has 0 bridgehead atoms. The number of nitrogens with zero attached hydrogens (tertiary/aromatic N) is 1. The van der Waals surface area contributed by atoms with Gasteiger partial charge < -0.3 is 4.74 Å². The van der Waals surface area contributed by atoms with Crippen LogP contribution >= 0.6 is 0 Å². The van der Waals surface area contributed by atoms with Crippen LogP contribution in [0, 0.1) is 11.3 Å². The first-order valence-corrected chi connectivity index (χ1v) is 3.16. The Hall–Kier alpha value is -1.70. The van der Waals surface area contributed by atoms with E-state index in [1.807, 2.05) is 0 Å². The first-order valence-electron chi connectivity index (χ1n) is 3.16. The summed E-state index contributed by atoms with van der Waals surface area (Å²) in [6, 6.07) is 1.51. The minimum Gasteiger partial charge on any atom is -0.392 e. The molecule has 5 nitrogen and oxygen atoms in total. The van der Waals surface area contributed by atoms with E-state index in [-0.39, 0.29) is 5.78 Å². The van der Waals surface area contributed by atoms with Crippen molar-refractivity contribution in [2.75, 3.05) is 0 Å². The topological polar surface area (TPSA) is 84.2 Å². The average Bonchev–Trinajstić information content (AvgIpc) is 1.84. The zero-order valence-electron chi connectivity index (χ0n) is 6.49. The third kappa shape index (κ3) is 5.11. The highest BCUT2D eigenvalue weighted by Gasteiger charge is 2.11. The molecule has 0 fully saturated rings. The van der Waals surface area contributed by atoms with E-state index < -0.39 is 24.8 Å². The molecule has 5 heteroatoms. The molecule has 0 radical (unpaired) electrons. The van der Waals surface area contributed by atoms with E-state index in [9.17, 15) is 14.4 Å². The third-order valence-corrected chi connectivity index (χ3v) is 0.844. The molecule has 0 saturated carbocycles. The highest BCUT2D eigenvalue weighted by Crippen LogP contribution is 1.91. The molecule has 0 N–H and O–H groups in total. The number of nitriles is 1. The summed E-state index contributed by atoms with van der Waals surface area (Å²) in [6.45, 7) is 1.20. The van der Waals surface area contributed by atoms with Gasteiger partial charge in [-0.2, -0.15) is 5.26 Å². The molecule has 0 aromatic heterocycles. The SMILES string of the molecule is CC(=O)CC(=O)OC(=O)CC#N. The van der Waals surface area contributed by atoms with Crippen molar-refractivity contribution in [3.05, 3.63) is 0 Å². The maximum absolute atomic E-state index is 10.6. The van der Waals surface area contributed by atoms with Gasteiger partial charge in [0.2, 0.25) is 0 Å². The van der Waals surface area contributed by atoms with E-state index >= 15 is 0 Å². The van der Waals surface area contributed by atoms with Crippen molar-refractivity contribution in [3.8, 4) is 6.07 Å². The number of carbonyl (C=O) groups is 3. The molecule has 0 aromatic rings. The summed E-state index contributed by atoms with van der Waals surface area (Å²) in [6.07, 6.45) is -0.916. The van der Waals surface area contributed by atoms with Gasteiger partial charge in [0, 0.05) is 0 Å². The summed E-state index contributed by atoms with van der Waals surface area (Å²) >= 11 is 0. The normalized spacial score (nSPS) is 8.33. The fourth-order valence-corrected chi connectivity index (χ4v) is 0.467. The van der Waals surface area contributed by atoms with E-state index in [1.165, 1.54) is 13.0 Å². The highest BCUT2D eigenvalue weighted by molar-refractivity contribution is 5.98. The highest BCUT2D eigenvalue weighted by atomic mass is 16.6. The summed E-state index contributed by atoms with van der Waals surface area (Å²) in [5, 5.41) is 8.00. The molecule has 0 atom stereocenters. The van der Waals surface area contributed by atoms with E-state index in [1.54, 1.807) is 0 Å². The molecule has 64 valence electrons. The summed E-state index contributed by atoms with van der Waals surface area (Å²) in [5.74, 6) is -2.23. The molecule has 0 aliphatic rings. The van der Waals surface area contributed by atoms with Crippen LogP contribution in [-0.2, 0) is 19.1 Å². The number of Topliss-reactive ketones (excluding diaryl/α,β-unsaturated/α-hetero) is 1. The summed E-state index contributed by atoms with van der Waals surface area (Å²) in [4.78, 5) is 31.3. The van der Waals surface area contributed by atoms with Crippen LogP contribution in [0.1, 0.15) is 19.8 Å². The van der Waals surface area contributed by atoms with Crippen molar-refractivity contribution in [3.63, 3.8) is 0 Å². The van der Waals surface area contributed by atoms with E-state index in [2.05, 4.69) is 4.74 Å². The maximum Gasteiger partial charge on any atom is 0.327 e. The second-order valence-corrected chi connectivity index (χ2v) is 2.06. The second kappa shape index (κ2) is 5.02. The second-order valence-electron chi connectivity index (χ2n) is 2.06. The predicted octanol–water partition coefficient (Wildman–Crippen LogP) is -0.0510. The number of hydrogen-bond acceptors (Lipinski definition) is 5. The summed E-state index contributed by atoms with van der Waals surface area (Å²) < 4.78 is 4.08. The third-order valence-electron chi connectivity index (χ3n) is 0.844. The van der Waals surface area contributed by atoms with Gasteiger partial charge in [0.25, 0.3) is 0 Å². The smallest absolute Gasteiger partial charge is 0.327 e. The van der Waals surface area contributed by atoms with Crippen LogP contribution in [0.4, 0.5) is 0 Å². The van der Waals surface area contributed by atoms with Gasteiger partial charge in [0.05, 0.1) is 6.07 Å². The Morgan fingerprint density at radius 2 is 1.92 bits per heavy atom. The summed E-state index contributed by atoms with van der Waals surface area (Å²) in [7, 11) is 0. The number of ketones is 1. The van der Waals surface area contributed by atoms with Crippen LogP contribution < -0.4 is 0 Å². The first kappa shape index (κ1) is 10.3. The molecule has 0 unspecified atom stereocenters. The molecule has 0 heterocycles. The Morgan fingerprint density at radius 3 is 2.33 bits per heavy atom. The molecule has 0 spiro atoms. The standard InChI is InChI=1S/C7H7NO4/c1-5(9)4-7(11)12-6(10)2-3-8/h2,4H2,1H3. The zero-order chi connectivity index (χ0) is 9.56. The molecular formula is C7H7NO4. The molecule has 12 heavy (non-hydrogen) atoms. The van der Waals surface area contributed by atoms with Gasteiger partial charge in [0.15, 0.2) is 0 Å². The Labute approximate surface area is 68.9 Å². The number of rotatable bonds is 3. The lowest BCUT2D eigenvalue weighted by Gasteiger charge is -1.96. The molecular weight excluding hydrogens is 162 g/mol. The monoisotopic (exact) mass is 169 g/mol. The van der Waals surface area contributed by atoms with E-state index in [0.717, 1.165) is 0 Å². The van der Waals surface area contributed by atoms with Crippen LogP contribution in [0.15, 0.2) is 0 Å². The molecule has 0 aromatic carbocycles.